The largest absolute Gasteiger partial charge is 0.307 e. The van der Waals surface area contributed by atoms with E-state index in [1.807, 2.05) is 0 Å². The molecule has 1 fully saturated rings. The number of rotatable bonds is 4. The zero-order chi connectivity index (χ0) is 14.7. The third-order valence-electron chi connectivity index (χ3n) is 4.17. The monoisotopic (exact) mass is 402 g/mol. The number of hydrogen-bond donors (Lipinski definition) is 1. The molecule has 1 unspecified atom stereocenters. The second kappa shape index (κ2) is 7.39. The van der Waals surface area contributed by atoms with Crippen LogP contribution in [0.4, 0.5) is 0 Å². The molecule has 1 aromatic carbocycles. The summed E-state index contributed by atoms with van der Waals surface area (Å²) in [6.45, 7) is 9.25. The van der Waals surface area contributed by atoms with E-state index in [4.69, 9.17) is 0 Å². The van der Waals surface area contributed by atoms with E-state index < -0.39 is 0 Å². The third kappa shape index (κ3) is 4.30. The number of nitrogens with one attached hydrogen (secondary N) is 1. The van der Waals surface area contributed by atoms with Gasteiger partial charge in [0, 0.05) is 27.1 Å². The van der Waals surface area contributed by atoms with Crippen LogP contribution in [0.3, 0.4) is 0 Å². The van der Waals surface area contributed by atoms with Crippen LogP contribution < -0.4 is 5.32 Å². The predicted octanol–water partition coefficient (Wildman–Crippen LogP) is 4.74. The topological polar surface area (TPSA) is 15.3 Å². The van der Waals surface area contributed by atoms with Crippen molar-refractivity contribution in [1.29, 1.82) is 0 Å². The van der Waals surface area contributed by atoms with Crippen LogP contribution >= 0.6 is 31.9 Å². The molecule has 0 radical (unpaired) electrons. The first-order chi connectivity index (χ1) is 9.47. The zero-order valence-corrected chi connectivity index (χ0v) is 15.7. The molecule has 0 aromatic heterocycles. The Balaban J connectivity index is 1.90. The lowest BCUT2D eigenvalue weighted by atomic mass is 10.0. The average Bonchev–Trinajstić information content (AvgIpc) is 2.39. The Kier molecular flexibility index (Phi) is 6.09. The maximum absolute atomic E-state index is 3.78. The maximum atomic E-state index is 3.78. The molecule has 0 amide bonds. The predicted molar refractivity (Wildman–Crippen MR) is 93.1 cm³/mol. The van der Waals surface area contributed by atoms with Crippen molar-refractivity contribution in [3.63, 3.8) is 0 Å². The maximum Gasteiger partial charge on any atom is 0.0305 e. The second-order valence-corrected chi connectivity index (χ2v) is 7.73. The Morgan fingerprint density at radius 3 is 2.35 bits per heavy atom. The van der Waals surface area contributed by atoms with E-state index in [1.54, 1.807) is 0 Å². The minimum Gasteiger partial charge on any atom is -0.307 e. The van der Waals surface area contributed by atoms with E-state index in [0.29, 0.717) is 18.1 Å². The molecule has 1 atom stereocenters. The highest BCUT2D eigenvalue weighted by molar-refractivity contribution is 9.11. The van der Waals surface area contributed by atoms with Gasteiger partial charge in [-0.1, -0.05) is 37.9 Å². The molecule has 0 aliphatic carbocycles. The summed E-state index contributed by atoms with van der Waals surface area (Å²) in [5.74, 6) is 0. The highest BCUT2D eigenvalue weighted by Gasteiger charge is 2.22. The molecule has 20 heavy (non-hydrogen) atoms. The lowest BCUT2D eigenvalue weighted by Gasteiger charge is -2.36. The molecule has 0 saturated carbocycles. The first-order valence-corrected chi connectivity index (χ1v) is 9.01. The van der Waals surface area contributed by atoms with Crippen LogP contribution in [-0.2, 0) is 0 Å². The molecular formula is C16H24Br2N2. The van der Waals surface area contributed by atoms with Crippen molar-refractivity contribution in [2.75, 3.05) is 13.1 Å². The van der Waals surface area contributed by atoms with Crippen LogP contribution in [0.1, 0.15) is 45.2 Å². The van der Waals surface area contributed by atoms with Crippen molar-refractivity contribution < 1.29 is 0 Å². The highest BCUT2D eigenvalue weighted by Crippen LogP contribution is 2.27. The molecule has 4 heteroatoms. The fourth-order valence-corrected chi connectivity index (χ4v) is 4.27. The van der Waals surface area contributed by atoms with E-state index in [1.165, 1.54) is 36.0 Å². The van der Waals surface area contributed by atoms with Gasteiger partial charge in [-0.25, -0.2) is 0 Å². The first kappa shape index (κ1) is 16.5. The van der Waals surface area contributed by atoms with Gasteiger partial charge in [0.1, 0.15) is 0 Å². The molecule has 2 nitrogen and oxygen atoms in total. The third-order valence-corrected chi connectivity index (χ3v) is 5.35. The Bertz CT molecular complexity index is 440. The van der Waals surface area contributed by atoms with E-state index in [-0.39, 0.29) is 0 Å². The standard InChI is InChI=1S/C16H24Br2N2/c1-11(2)20-8-6-14(7-9-20)19-12(3)15-5-4-13(17)10-16(15)18/h4-5,10-12,14,19H,6-9H2,1-3H3. The van der Waals surface area contributed by atoms with Gasteiger partial charge in [0.25, 0.3) is 0 Å². The molecule has 112 valence electrons. The van der Waals surface area contributed by atoms with Gasteiger partial charge in [-0.15, -0.1) is 0 Å². The summed E-state index contributed by atoms with van der Waals surface area (Å²) in [7, 11) is 0. The normalized spacial score (nSPS) is 19.5. The van der Waals surface area contributed by atoms with Crippen molar-refractivity contribution in [2.45, 2.75) is 51.7 Å². The van der Waals surface area contributed by atoms with Gasteiger partial charge in [-0.2, -0.15) is 0 Å². The lowest BCUT2D eigenvalue weighted by molar-refractivity contribution is 0.157. The van der Waals surface area contributed by atoms with Crippen LogP contribution in [0, 0.1) is 0 Å². The Morgan fingerprint density at radius 2 is 1.80 bits per heavy atom. The molecule has 1 saturated heterocycles. The fraction of sp³-hybridized carbons (Fsp3) is 0.625. The second-order valence-electron chi connectivity index (χ2n) is 5.96. The van der Waals surface area contributed by atoms with Gasteiger partial charge in [-0.3, -0.25) is 0 Å². The molecule has 1 N–H and O–H groups in total. The fourth-order valence-electron chi connectivity index (χ4n) is 2.88. The van der Waals surface area contributed by atoms with Crippen molar-refractivity contribution in [3.05, 3.63) is 32.7 Å². The zero-order valence-electron chi connectivity index (χ0n) is 12.5. The summed E-state index contributed by atoms with van der Waals surface area (Å²) in [5, 5.41) is 3.78. The summed E-state index contributed by atoms with van der Waals surface area (Å²) in [6.07, 6.45) is 2.49. The van der Waals surface area contributed by atoms with Gasteiger partial charge in [0.15, 0.2) is 0 Å². The van der Waals surface area contributed by atoms with Gasteiger partial charge >= 0.3 is 0 Å². The molecule has 1 aliphatic heterocycles. The van der Waals surface area contributed by atoms with Crippen molar-refractivity contribution in [2.24, 2.45) is 0 Å². The van der Waals surface area contributed by atoms with Crippen molar-refractivity contribution in [1.82, 2.24) is 10.2 Å². The van der Waals surface area contributed by atoms with Crippen LogP contribution in [0.2, 0.25) is 0 Å². The van der Waals surface area contributed by atoms with Crippen LogP contribution in [0.25, 0.3) is 0 Å². The summed E-state index contributed by atoms with van der Waals surface area (Å²) in [6, 6.07) is 8.11. The highest BCUT2D eigenvalue weighted by atomic mass is 79.9. The molecule has 0 bridgehead atoms. The number of likely N-dealkylation sites (tertiary alicyclic amines) is 1. The summed E-state index contributed by atoms with van der Waals surface area (Å²) < 4.78 is 2.29. The molecule has 1 aliphatic rings. The quantitative estimate of drug-likeness (QED) is 0.781. The van der Waals surface area contributed by atoms with Crippen molar-refractivity contribution >= 4 is 31.9 Å². The molecular weight excluding hydrogens is 380 g/mol. The minimum absolute atomic E-state index is 0.382. The number of halogens is 2. The average molecular weight is 404 g/mol. The Labute approximate surface area is 139 Å². The minimum atomic E-state index is 0.382. The SMILES string of the molecule is CC(NC1CCN(C(C)C)CC1)c1ccc(Br)cc1Br. The van der Waals surface area contributed by atoms with Gasteiger partial charge in [0.2, 0.25) is 0 Å². The molecule has 1 heterocycles. The summed E-state index contributed by atoms with van der Waals surface area (Å²) in [4.78, 5) is 2.57. The Hall–Kier alpha value is 0.1000. The van der Waals surface area contributed by atoms with Crippen molar-refractivity contribution in [3.8, 4) is 0 Å². The van der Waals surface area contributed by atoms with E-state index in [0.717, 1.165) is 4.47 Å². The summed E-state index contributed by atoms with van der Waals surface area (Å²) >= 11 is 7.17. The molecule has 1 aromatic rings. The number of piperidine rings is 1. The number of hydrogen-bond acceptors (Lipinski definition) is 2. The van der Waals surface area contributed by atoms with E-state index in [2.05, 4.69) is 81.0 Å². The number of nitrogens with zero attached hydrogens (tertiary/aromatic N) is 1. The lowest BCUT2D eigenvalue weighted by Crippen LogP contribution is -2.45. The smallest absolute Gasteiger partial charge is 0.0305 e. The van der Waals surface area contributed by atoms with Crippen LogP contribution in [0.15, 0.2) is 27.1 Å². The molecule has 0 spiro atoms. The molecule has 2 rings (SSSR count). The summed E-state index contributed by atoms with van der Waals surface area (Å²) in [5.41, 5.74) is 1.33. The van der Waals surface area contributed by atoms with Gasteiger partial charge in [0.05, 0.1) is 0 Å². The number of benzene rings is 1. The Morgan fingerprint density at radius 1 is 1.15 bits per heavy atom. The van der Waals surface area contributed by atoms with E-state index in [9.17, 15) is 0 Å². The van der Waals surface area contributed by atoms with Gasteiger partial charge < -0.3 is 10.2 Å². The van der Waals surface area contributed by atoms with Crippen LogP contribution in [-0.4, -0.2) is 30.1 Å². The van der Waals surface area contributed by atoms with Gasteiger partial charge in [-0.05, 0) is 64.4 Å². The van der Waals surface area contributed by atoms with E-state index >= 15 is 0 Å². The first-order valence-electron chi connectivity index (χ1n) is 7.42. The van der Waals surface area contributed by atoms with Crippen LogP contribution in [0.5, 0.6) is 0 Å².